The van der Waals surface area contributed by atoms with Crippen LogP contribution in [-0.4, -0.2) is 32.1 Å². The second-order valence-corrected chi connectivity index (χ2v) is 5.99. The lowest BCUT2D eigenvalue weighted by Gasteiger charge is -2.26. The highest BCUT2D eigenvalue weighted by molar-refractivity contribution is 5.85. The Labute approximate surface area is 138 Å². The fraction of sp³-hybridized carbons (Fsp3) is 0.588. The molecule has 1 aromatic rings. The number of ether oxygens (including phenoxy) is 1. The molecule has 0 bridgehead atoms. The van der Waals surface area contributed by atoms with E-state index in [2.05, 4.69) is 16.7 Å². The molecule has 22 heavy (non-hydrogen) atoms. The quantitative estimate of drug-likeness (QED) is 0.893. The standard InChI is InChI=1S/C17H24N2O2.ClH/c20-17(19-10-7-13-4-3-9-18-12-13)16-15-6-2-1-5-14(15)8-11-21-16;/h1-2,5-6,13,16,18H,3-4,7-12H2,(H,19,20);1H. The monoisotopic (exact) mass is 324 g/mol. The fourth-order valence-corrected chi connectivity index (χ4v) is 3.27. The van der Waals surface area contributed by atoms with Gasteiger partial charge in [0.2, 0.25) is 0 Å². The molecule has 0 saturated carbocycles. The molecule has 2 N–H and O–H groups in total. The molecule has 2 unspecified atom stereocenters. The average Bonchev–Trinajstić information content (AvgIpc) is 2.55. The minimum absolute atomic E-state index is 0. The van der Waals surface area contributed by atoms with Gasteiger partial charge in [-0.1, -0.05) is 24.3 Å². The van der Waals surface area contributed by atoms with Crippen LogP contribution in [0.15, 0.2) is 24.3 Å². The minimum Gasteiger partial charge on any atom is -0.363 e. The predicted octanol–water partition coefficient (Wildman–Crippen LogP) is 2.23. The molecule has 122 valence electrons. The van der Waals surface area contributed by atoms with Crippen molar-refractivity contribution in [1.29, 1.82) is 0 Å². The Hall–Kier alpha value is -1.10. The normalized spacial score (nSPS) is 24.0. The number of amides is 1. The maximum Gasteiger partial charge on any atom is 0.253 e. The molecule has 1 saturated heterocycles. The maximum absolute atomic E-state index is 12.4. The molecular formula is C17H25ClN2O2. The highest BCUT2D eigenvalue weighted by Gasteiger charge is 2.26. The SMILES string of the molecule is Cl.O=C(NCCC1CCCNC1)C1OCCc2ccccc21. The van der Waals surface area contributed by atoms with E-state index in [9.17, 15) is 4.79 Å². The van der Waals surface area contributed by atoms with Crippen LogP contribution in [0.3, 0.4) is 0 Å². The first-order valence-electron chi connectivity index (χ1n) is 8.02. The number of benzene rings is 1. The van der Waals surface area contributed by atoms with E-state index in [0.29, 0.717) is 12.5 Å². The summed E-state index contributed by atoms with van der Waals surface area (Å²) >= 11 is 0. The molecule has 2 atom stereocenters. The number of rotatable bonds is 4. The number of fused-ring (bicyclic) bond motifs is 1. The fourth-order valence-electron chi connectivity index (χ4n) is 3.27. The molecule has 1 aromatic carbocycles. The van der Waals surface area contributed by atoms with Gasteiger partial charge in [0.1, 0.15) is 0 Å². The van der Waals surface area contributed by atoms with Crippen molar-refractivity contribution >= 4 is 18.3 Å². The van der Waals surface area contributed by atoms with Gasteiger partial charge in [-0.25, -0.2) is 0 Å². The number of piperidine rings is 1. The summed E-state index contributed by atoms with van der Waals surface area (Å²) < 4.78 is 5.68. The lowest BCUT2D eigenvalue weighted by Crippen LogP contribution is -2.36. The van der Waals surface area contributed by atoms with Crippen molar-refractivity contribution in [3.8, 4) is 0 Å². The number of halogens is 1. The third-order valence-corrected chi connectivity index (χ3v) is 4.48. The van der Waals surface area contributed by atoms with E-state index in [-0.39, 0.29) is 18.3 Å². The van der Waals surface area contributed by atoms with E-state index in [4.69, 9.17) is 4.74 Å². The van der Waals surface area contributed by atoms with Crippen LogP contribution in [-0.2, 0) is 16.0 Å². The summed E-state index contributed by atoms with van der Waals surface area (Å²) in [4.78, 5) is 12.4. The number of nitrogens with one attached hydrogen (secondary N) is 2. The minimum atomic E-state index is -0.431. The second kappa shape index (κ2) is 8.51. The predicted molar refractivity (Wildman–Crippen MR) is 89.3 cm³/mol. The average molecular weight is 325 g/mol. The largest absolute Gasteiger partial charge is 0.363 e. The molecule has 1 amide bonds. The lowest BCUT2D eigenvalue weighted by atomic mass is 9.95. The molecule has 2 aliphatic rings. The van der Waals surface area contributed by atoms with Gasteiger partial charge < -0.3 is 15.4 Å². The number of hydrogen-bond acceptors (Lipinski definition) is 3. The third-order valence-electron chi connectivity index (χ3n) is 4.48. The Kier molecular flexibility index (Phi) is 6.68. The Balaban J connectivity index is 0.00000176. The zero-order valence-corrected chi connectivity index (χ0v) is 13.7. The Bertz CT molecular complexity index is 489. The van der Waals surface area contributed by atoms with Crippen molar-refractivity contribution in [3.05, 3.63) is 35.4 Å². The smallest absolute Gasteiger partial charge is 0.253 e. The molecule has 2 heterocycles. The van der Waals surface area contributed by atoms with Gasteiger partial charge in [0.15, 0.2) is 6.10 Å². The molecule has 3 rings (SSSR count). The Morgan fingerprint density at radius 3 is 3.05 bits per heavy atom. The van der Waals surface area contributed by atoms with E-state index >= 15 is 0 Å². The van der Waals surface area contributed by atoms with Crippen molar-refractivity contribution in [2.45, 2.75) is 31.8 Å². The molecule has 0 aromatic heterocycles. The third kappa shape index (κ3) is 4.22. The lowest BCUT2D eigenvalue weighted by molar-refractivity contribution is -0.134. The van der Waals surface area contributed by atoms with Gasteiger partial charge in [0.05, 0.1) is 6.61 Å². The van der Waals surface area contributed by atoms with Gasteiger partial charge in [0.25, 0.3) is 5.91 Å². The second-order valence-electron chi connectivity index (χ2n) is 5.99. The Morgan fingerprint density at radius 2 is 2.23 bits per heavy atom. The maximum atomic E-state index is 12.4. The number of hydrogen-bond donors (Lipinski definition) is 2. The molecule has 1 fully saturated rings. The van der Waals surface area contributed by atoms with Gasteiger partial charge in [-0.05, 0) is 55.8 Å². The molecule has 5 heteroatoms. The molecule has 0 aliphatic carbocycles. The van der Waals surface area contributed by atoms with Crippen LogP contribution in [0.2, 0.25) is 0 Å². The molecule has 0 radical (unpaired) electrons. The van der Waals surface area contributed by atoms with Crippen LogP contribution < -0.4 is 10.6 Å². The molecule has 4 nitrogen and oxygen atoms in total. The zero-order chi connectivity index (χ0) is 14.5. The summed E-state index contributed by atoms with van der Waals surface area (Å²) in [6.07, 6.45) is 4.03. The van der Waals surface area contributed by atoms with Crippen molar-refractivity contribution < 1.29 is 9.53 Å². The van der Waals surface area contributed by atoms with E-state index < -0.39 is 6.10 Å². The van der Waals surface area contributed by atoms with Crippen molar-refractivity contribution in [2.24, 2.45) is 5.92 Å². The van der Waals surface area contributed by atoms with E-state index in [1.807, 2.05) is 18.2 Å². The van der Waals surface area contributed by atoms with Crippen LogP contribution >= 0.6 is 12.4 Å². The summed E-state index contributed by atoms with van der Waals surface area (Å²) in [5.74, 6) is 0.699. The summed E-state index contributed by atoms with van der Waals surface area (Å²) in [5, 5.41) is 6.46. The molecular weight excluding hydrogens is 300 g/mol. The van der Waals surface area contributed by atoms with Crippen LogP contribution in [0, 0.1) is 5.92 Å². The van der Waals surface area contributed by atoms with Crippen LogP contribution in [0.5, 0.6) is 0 Å². The summed E-state index contributed by atoms with van der Waals surface area (Å²) in [5.41, 5.74) is 2.26. The van der Waals surface area contributed by atoms with Crippen LogP contribution in [0.1, 0.15) is 36.5 Å². The van der Waals surface area contributed by atoms with Crippen molar-refractivity contribution in [2.75, 3.05) is 26.2 Å². The van der Waals surface area contributed by atoms with Crippen molar-refractivity contribution in [3.63, 3.8) is 0 Å². The highest BCUT2D eigenvalue weighted by atomic mass is 35.5. The van der Waals surface area contributed by atoms with Gasteiger partial charge in [-0.2, -0.15) is 0 Å². The first-order valence-corrected chi connectivity index (χ1v) is 8.02. The highest BCUT2D eigenvalue weighted by Crippen LogP contribution is 2.27. The van der Waals surface area contributed by atoms with E-state index in [0.717, 1.165) is 38.0 Å². The van der Waals surface area contributed by atoms with E-state index in [1.165, 1.54) is 18.4 Å². The Morgan fingerprint density at radius 1 is 1.36 bits per heavy atom. The number of carbonyl (C=O) groups is 1. The molecule has 0 spiro atoms. The van der Waals surface area contributed by atoms with Crippen LogP contribution in [0.25, 0.3) is 0 Å². The van der Waals surface area contributed by atoms with Gasteiger partial charge in [-0.3, -0.25) is 4.79 Å². The summed E-state index contributed by atoms with van der Waals surface area (Å²) in [6, 6.07) is 8.09. The van der Waals surface area contributed by atoms with Crippen molar-refractivity contribution in [1.82, 2.24) is 10.6 Å². The first kappa shape index (κ1) is 17.3. The van der Waals surface area contributed by atoms with E-state index in [1.54, 1.807) is 0 Å². The van der Waals surface area contributed by atoms with Gasteiger partial charge in [0, 0.05) is 6.54 Å². The molecule has 2 aliphatic heterocycles. The van der Waals surface area contributed by atoms with Gasteiger partial charge in [-0.15, -0.1) is 12.4 Å². The summed E-state index contributed by atoms with van der Waals surface area (Å²) in [6.45, 7) is 3.59. The summed E-state index contributed by atoms with van der Waals surface area (Å²) in [7, 11) is 0. The topological polar surface area (TPSA) is 50.4 Å². The van der Waals surface area contributed by atoms with Crippen LogP contribution in [0.4, 0.5) is 0 Å². The first-order chi connectivity index (χ1) is 10.3. The zero-order valence-electron chi connectivity index (χ0n) is 12.8. The number of carbonyl (C=O) groups excluding carboxylic acids is 1. The van der Waals surface area contributed by atoms with Gasteiger partial charge >= 0.3 is 0 Å².